The maximum absolute atomic E-state index is 13.6. The van der Waals surface area contributed by atoms with Crippen LogP contribution in [0.4, 0.5) is 0 Å². The van der Waals surface area contributed by atoms with Crippen LogP contribution in [0.5, 0.6) is 0 Å². The topological polar surface area (TPSA) is 108 Å². The summed E-state index contributed by atoms with van der Waals surface area (Å²) in [7, 11) is 0. The molecule has 49 heavy (non-hydrogen) atoms. The van der Waals surface area contributed by atoms with Crippen molar-refractivity contribution >= 4 is 23.6 Å². The van der Waals surface area contributed by atoms with Crippen molar-refractivity contribution in [3.05, 3.63) is 71.3 Å². The third kappa shape index (κ3) is 10.4. The van der Waals surface area contributed by atoms with Crippen LogP contribution in [0.2, 0.25) is 0 Å². The molecule has 0 spiro atoms. The monoisotopic (exact) mass is 672 g/mol. The fraction of sp³-hybridized carbons (Fsp3) is 0.600. The van der Waals surface area contributed by atoms with Gasteiger partial charge in [0.05, 0.1) is 18.1 Å². The van der Waals surface area contributed by atoms with Gasteiger partial charge in [-0.1, -0.05) is 89.1 Å². The Kier molecular flexibility index (Phi) is 13.7. The minimum atomic E-state index is -0.250. The Bertz CT molecular complexity index is 1380. The molecule has 0 radical (unpaired) electrons. The van der Waals surface area contributed by atoms with Gasteiger partial charge in [-0.25, -0.2) is 0 Å². The number of nitrogens with zero attached hydrogens (tertiary/aromatic N) is 2. The van der Waals surface area contributed by atoms with E-state index >= 15 is 0 Å². The number of unbranched alkanes of at least 4 members (excludes halogenated alkanes) is 7. The van der Waals surface area contributed by atoms with Crippen LogP contribution in [0.15, 0.2) is 54.6 Å². The molecule has 0 unspecified atom stereocenters. The van der Waals surface area contributed by atoms with Crippen LogP contribution in [0, 0.1) is 5.92 Å². The summed E-state index contributed by atoms with van der Waals surface area (Å²) in [6.45, 7) is 6.70. The van der Waals surface area contributed by atoms with Gasteiger partial charge in [-0.05, 0) is 55.5 Å². The number of carbonyl (C=O) groups excluding carboxylic acids is 4. The second kappa shape index (κ2) is 18.3. The van der Waals surface area contributed by atoms with Crippen molar-refractivity contribution in [2.24, 2.45) is 5.92 Å². The second-order valence-corrected chi connectivity index (χ2v) is 14.2. The van der Waals surface area contributed by atoms with Crippen LogP contribution >= 0.6 is 0 Å². The molecule has 4 amide bonds. The van der Waals surface area contributed by atoms with E-state index in [-0.39, 0.29) is 47.7 Å². The molecule has 3 fully saturated rings. The molecule has 1 saturated carbocycles. The van der Waals surface area contributed by atoms with Gasteiger partial charge in [-0.2, -0.15) is 0 Å². The van der Waals surface area contributed by atoms with Gasteiger partial charge in [0.15, 0.2) is 0 Å². The summed E-state index contributed by atoms with van der Waals surface area (Å²) in [5.41, 5.74) is 2.25. The van der Waals surface area contributed by atoms with Crippen LogP contribution < -0.4 is 10.6 Å². The Morgan fingerprint density at radius 2 is 1.37 bits per heavy atom. The molecule has 5 atom stereocenters. The van der Waals surface area contributed by atoms with Gasteiger partial charge in [0, 0.05) is 62.3 Å². The lowest BCUT2D eigenvalue weighted by Gasteiger charge is -2.20. The second-order valence-electron chi connectivity index (χ2n) is 14.2. The predicted octanol–water partition coefficient (Wildman–Crippen LogP) is 6.09. The van der Waals surface area contributed by atoms with Crippen LogP contribution in [-0.2, 0) is 14.3 Å². The Hall–Kier alpha value is -3.72. The van der Waals surface area contributed by atoms with Crippen molar-refractivity contribution in [2.45, 2.75) is 115 Å². The van der Waals surface area contributed by atoms with E-state index in [4.69, 9.17) is 4.74 Å². The number of benzene rings is 2. The van der Waals surface area contributed by atoms with Crippen molar-refractivity contribution in [1.29, 1.82) is 0 Å². The highest BCUT2D eigenvalue weighted by atomic mass is 16.5. The lowest BCUT2D eigenvalue weighted by molar-refractivity contribution is -0.125. The minimum Gasteiger partial charge on any atom is -0.374 e. The standard InChI is InChI=1S/C40H56N4O5/c1-3-5-7-9-14-24-49-36-28-44(27-35(36)41-37(45)17-13-8-6-4-2)40(48)31-20-18-30(19-21-31)39(47)43-23-22-32(26-43)38(46)42-34-25-33(34)29-15-11-10-12-16-29/h10-12,15-16,18-21,32-36H,3-9,13-14,17,22-28H2,1-2H3,(H,41,45)(H,42,46)/t32-,33+,34-,35+,36+/m0/s1. The Morgan fingerprint density at radius 1 is 0.714 bits per heavy atom. The van der Waals surface area contributed by atoms with E-state index in [1.165, 1.54) is 24.8 Å². The van der Waals surface area contributed by atoms with E-state index in [9.17, 15) is 19.2 Å². The molecule has 5 rings (SSSR count). The van der Waals surface area contributed by atoms with E-state index in [2.05, 4.69) is 36.6 Å². The molecular weight excluding hydrogens is 616 g/mol. The number of hydrogen-bond acceptors (Lipinski definition) is 5. The normalized spacial score (nSPS) is 23.0. The van der Waals surface area contributed by atoms with Crippen LogP contribution in [0.3, 0.4) is 0 Å². The van der Waals surface area contributed by atoms with Crippen LogP contribution in [0.1, 0.15) is 123 Å². The van der Waals surface area contributed by atoms with Gasteiger partial charge < -0.3 is 25.2 Å². The molecule has 2 saturated heterocycles. The van der Waals surface area contributed by atoms with Crippen molar-refractivity contribution in [3.63, 3.8) is 0 Å². The van der Waals surface area contributed by atoms with Gasteiger partial charge >= 0.3 is 0 Å². The van der Waals surface area contributed by atoms with E-state index < -0.39 is 0 Å². The zero-order valence-corrected chi connectivity index (χ0v) is 29.5. The molecule has 9 heteroatoms. The van der Waals surface area contributed by atoms with Gasteiger partial charge in [0.2, 0.25) is 11.8 Å². The predicted molar refractivity (Wildman–Crippen MR) is 191 cm³/mol. The number of rotatable bonds is 18. The average Bonchev–Trinajstić information content (AvgIpc) is 3.50. The number of hydrogen-bond donors (Lipinski definition) is 2. The van der Waals surface area contributed by atoms with Crippen molar-refractivity contribution in [1.82, 2.24) is 20.4 Å². The third-order valence-electron chi connectivity index (χ3n) is 10.3. The largest absolute Gasteiger partial charge is 0.374 e. The first-order valence-corrected chi connectivity index (χ1v) is 18.8. The lowest BCUT2D eigenvalue weighted by atomic mass is 10.1. The molecule has 1 aliphatic carbocycles. The van der Waals surface area contributed by atoms with Gasteiger partial charge in [0.25, 0.3) is 11.8 Å². The Morgan fingerprint density at radius 3 is 2.06 bits per heavy atom. The van der Waals surface area contributed by atoms with E-state index in [1.54, 1.807) is 34.1 Å². The average molecular weight is 673 g/mol. The zero-order valence-electron chi connectivity index (χ0n) is 29.5. The Labute approximate surface area is 292 Å². The SMILES string of the molecule is CCCCCCCO[C@@H]1CN(C(=O)c2ccc(C(=O)N3CC[C@H](C(=O)N[C@H]4C[C@@H]4c4ccccc4)C3)cc2)C[C@H]1NC(=O)CCCCCC. The van der Waals surface area contributed by atoms with Gasteiger partial charge in [-0.3, -0.25) is 19.2 Å². The first-order chi connectivity index (χ1) is 23.9. The van der Waals surface area contributed by atoms with E-state index in [1.807, 2.05) is 18.2 Å². The van der Waals surface area contributed by atoms with Gasteiger partial charge in [-0.15, -0.1) is 0 Å². The maximum Gasteiger partial charge on any atom is 0.254 e. The summed E-state index contributed by atoms with van der Waals surface area (Å²) < 4.78 is 6.25. The van der Waals surface area contributed by atoms with E-state index in [0.29, 0.717) is 62.7 Å². The molecule has 2 N–H and O–H groups in total. The van der Waals surface area contributed by atoms with E-state index in [0.717, 1.165) is 44.9 Å². The highest BCUT2D eigenvalue weighted by Gasteiger charge is 2.42. The smallest absolute Gasteiger partial charge is 0.254 e. The zero-order chi connectivity index (χ0) is 34.6. The minimum absolute atomic E-state index is 0.0142. The molecule has 2 heterocycles. The highest BCUT2D eigenvalue weighted by Crippen LogP contribution is 2.41. The first kappa shape index (κ1) is 36.6. The van der Waals surface area contributed by atoms with Crippen molar-refractivity contribution in [3.8, 4) is 0 Å². The summed E-state index contributed by atoms with van der Waals surface area (Å²) in [6, 6.07) is 17.0. The number of carbonyl (C=O) groups is 4. The third-order valence-corrected chi connectivity index (χ3v) is 10.3. The van der Waals surface area contributed by atoms with Crippen molar-refractivity contribution in [2.75, 3.05) is 32.8 Å². The van der Waals surface area contributed by atoms with Crippen LogP contribution in [-0.4, -0.2) is 84.4 Å². The molecule has 0 bridgehead atoms. The quantitative estimate of drug-likeness (QED) is 0.187. The number of likely N-dealkylation sites (tertiary alicyclic amines) is 2. The van der Waals surface area contributed by atoms with Crippen molar-refractivity contribution < 1.29 is 23.9 Å². The molecule has 0 aromatic heterocycles. The molecule has 2 aromatic carbocycles. The van der Waals surface area contributed by atoms with Gasteiger partial charge in [0.1, 0.15) is 0 Å². The number of amides is 4. The molecule has 9 nitrogen and oxygen atoms in total. The fourth-order valence-electron chi connectivity index (χ4n) is 7.18. The lowest BCUT2D eigenvalue weighted by Crippen LogP contribution is -2.44. The molecular formula is C40H56N4O5. The summed E-state index contributed by atoms with van der Waals surface area (Å²) in [4.78, 5) is 56.2. The van der Waals surface area contributed by atoms with Crippen LogP contribution in [0.25, 0.3) is 0 Å². The molecule has 2 aromatic rings. The number of nitrogens with one attached hydrogen (secondary N) is 2. The maximum atomic E-state index is 13.6. The Balaban J connectivity index is 1.11. The summed E-state index contributed by atoms with van der Waals surface area (Å²) in [5, 5.41) is 6.35. The summed E-state index contributed by atoms with van der Waals surface area (Å²) in [6.07, 6.45) is 11.7. The molecule has 3 aliphatic rings. The summed E-state index contributed by atoms with van der Waals surface area (Å²) in [5.74, 6) is -0.0707. The highest BCUT2D eigenvalue weighted by molar-refractivity contribution is 5.98. The number of ether oxygens (including phenoxy) is 1. The fourth-order valence-corrected chi connectivity index (χ4v) is 7.18. The first-order valence-electron chi connectivity index (χ1n) is 18.8. The molecule has 2 aliphatic heterocycles. The molecule has 266 valence electrons. The summed E-state index contributed by atoms with van der Waals surface area (Å²) >= 11 is 0.